The summed E-state index contributed by atoms with van der Waals surface area (Å²) in [4.78, 5) is 5.44. The van der Waals surface area contributed by atoms with Gasteiger partial charge in [-0.1, -0.05) is 6.07 Å². The van der Waals surface area contributed by atoms with Crippen molar-refractivity contribution in [1.29, 1.82) is 0 Å². The first-order valence-electron chi connectivity index (χ1n) is 8.06. The second-order valence-corrected chi connectivity index (χ2v) is 6.86. The molecule has 0 radical (unpaired) electrons. The van der Waals surface area contributed by atoms with E-state index in [4.69, 9.17) is 4.74 Å². The third kappa shape index (κ3) is 5.52. The first-order chi connectivity index (χ1) is 11.9. The predicted octanol–water partition coefficient (Wildman–Crippen LogP) is 0.774. The van der Waals surface area contributed by atoms with E-state index in [0.717, 1.165) is 16.5 Å². The number of guanidine groups is 1. The van der Waals surface area contributed by atoms with Gasteiger partial charge < -0.3 is 25.0 Å². The minimum absolute atomic E-state index is 0.337. The van der Waals surface area contributed by atoms with Gasteiger partial charge in [-0.2, -0.15) is 0 Å². The number of nitrogens with zero attached hydrogens (tertiary/aromatic N) is 4. The molecule has 0 aliphatic rings. The van der Waals surface area contributed by atoms with Gasteiger partial charge in [0.1, 0.15) is 18.0 Å². The summed E-state index contributed by atoms with van der Waals surface area (Å²) in [6.45, 7) is 5.58. The van der Waals surface area contributed by atoms with Crippen molar-refractivity contribution in [3.63, 3.8) is 0 Å². The Hall–Kier alpha value is -1.97. The molecule has 25 heavy (non-hydrogen) atoms. The summed E-state index contributed by atoms with van der Waals surface area (Å²) in [6.07, 6.45) is 0. The summed E-state index contributed by atoms with van der Waals surface area (Å²) in [5, 5.41) is 27.1. The van der Waals surface area contributed by atoms with Gasteiger partial charge in [-0.25, -0.2) is 4.99 Å². The molecule has 0 aliphatic carbocycles. The first-order valence-corrected chi connectivity index (χ1v) is 8.94. The minimum atomic E-state index is -0.973. The van der Waals surface area contributed by atoms with Gasteiger partial charge in [0.15, 0.2) is 11.8 Å². The summed E-state index contributed by atoms with van der Waals surface area (Å²) in [6, 6.07) is 3.85. The maximum absolute atomic E-state index is 10.6. The normalized spacial score (nSPS) is 14.4. The highest BCUT2D eigenvalue weighted by atomic mass is 32.1. The SMILES string of the molecule is COCCNC(=NCc1nnc(C)n1C)NCC(C)(O)c1cccs1. The average molecular weight is 366 g/mol. The van der Waals surface area contributed by atoms with Crippen LogP contribution in [0.4, 0.5) is 0 Å². The van der Waals surface area contributed by atoms with Crippen molar-refractivity contribution >= 4 is 17.3 Å². The third-order valence-corrected chi connectivity index (χ3v) is 4.93. The van der Waals surface area contributed by atoms with Crippen LogP contribution in [0.15, 0.2) is 22.5 Å². The molecule has 0 aliphatic heterocycles. The molecular formula is C16H26N6O2S. The van der Waals surface area contributed by atoms with E-state index in [1.54, 1.807) is 14.0 Å². The molecule has 2 heterocycles. The molecule has 0 bridgehead atoms. The average Bonchev–Trinajstić information content (AvgIpc) is 3.23. The van der Waals surface area contributed by atoms with E-state index in [2.05, 4.69) is 25.8 Å². The van der Waals surface area contributed by atoms with Crippen LogP contribution in [0.5, 0.6) is 0 Å². The lowest BCUT2D eigenvalue weighted by atomic mass is 10.1. The highest BCUT2D eigenvalue weighted by Gasteiger charge is 2.24. The molecule has 0 spiro atoms. The Bertz CT molecular complexity index is 681. The molecule has 2 rings (SSSR count). The Labute approximate surface area is 152 Å². The number of hydrogen-bond acceptors (Lipinski definition) is 6. The number of thiophene rings is 1. The summed E-state index contributed by atoms with van der Waals surface area (Å²) < 4.78 is 6.96. The van der Waals surface area contributed by atoms with E-state index >= 15 is 0 Å². The lowest BCUT2D eigenvalue weighted by Gasteiger charge is -2.24. The lowest BCUT2D eigenvalue weighted by Crippen LogP contribution is -2.45. The molecule has 3 N–H and O–H groups in total. The van der Waals surface area contributed by atoms with Gasteiger partial charge in [-0.3, -0.25) is 0 Å². The zero-order valence-corrected chi connectivity index (χ0v) is 15.9. The number of nitrogens with one attached hydrogen (secondary N) is 2. The van der Waals surface area contributed by atoms with Crippen LogP contribution in [0, 0.1) is 6.92 Å². The molecule has 2 aromatic heterocycles. The molecule has 0 saturated heterocycles. The van der Waals surface area contributed by atoms with E-state index < -0.39 is 5.60 Å². The smallest absolute Gasteiger partial charge is 0.191 e. The van der Waals surface area contributed by atoms with Crippen molar-refractivity contribution in [2.24, 2.45) is 12.0 Å². The summed E-state index contributed by atoms with van der Waals surface area (Å²) in [5.41, 5.74) is -0.973. The van der Waals surface area contributed by atoms with Crippen molar-refractivity contribution in [3.8, 4) is 0 Å². The number of rotatable bonds is 8. The van der Waals surface area contributed by atoms with Crippen molar-refractivity contribution in [3.05, 3.63) is 34.0 Å². The van der Waals surface area contributed by atoms with Gasteiger partial charge in [0.25, 0.3) is 0 Å². The van der Waals surface area contributed by atoms with E-state index in [-0.39, 0.29) is 0 Å². The highest BCUT2D eigenvalue weighted by molar-refractivity contribution is 7.10. The number of aromatic nitrogens is 3. The molecular weight excluding hydrogens is 340 g/mol. The number of aliphatic imine (C=N–C) groups is 1. The maximum Gasteiger partial charge on any atom is 0.191 e. The molecule has 9 heteroatoms. The van der Waals surface area contributed by atoms with Crippen molar-refractivity contribution in [2.45, 2.75) is 26.0 Å². The zero-order chi connectivity index (χ0) is 18.3. The fraction of sp³-hybridized carbons (Fsp3) is 0.562. The van der Waals surface area contributed by atoms with Crippen LogP contribution in [0.25, 0.3) is 0 Å². The molecule has 138 valence electrons. The molecule has 0 saturated carbocycles. The quantitative estimate of drug-likeness (QED) is 0.363. The van der Waals surface area contributed by atoms with Gasteiger partial charge in [-0.05, 0) is 25.3 Å². The van der Waals surface area contributed by atoms with Crippen LogP contribution >= 0.6 is 11.3 Å². The Morgan fingerprint density at radius 2 is 2.24 bits per heavy atom. The maximum atomic E-state index is 10.6. The fourth-order valence-electron chi connectivity index (χ4n) is 2.11. The molecule has 1 atom stereocenters. The van der Waals surface area contributed by atoms with Gasteiger partial charge in [-0.15, -0.1) is 21.5 Å². The fourth-order valence-corrected chi connectivity index (χ4v) is 2.90. The summed E-state index contributed by atoms with van der Waals surface area (Å²) >= 11 is 1.53. The van der Waals surface area contributed by atoms with E-state index in [1.807, 2.05) is 36.1 Å². The van der Waals surface area contributed by atoms with Crippen LogP contribution < -0.4 is 10.6 Å². The van der Waals surface area contributed by atoms with Gasteiger partial charge >= 0.3 is 0 Å². The summed E-state index contributed by atoms with van der Waals surface area (Å²) in [5.74, 6) is 2.21. The number of ether oxygens (including phenoxy) is 1. The van der Waals surface area contributed by atoms with Gasteiger partial charge in [0.2, 0.25) is 0 Å². The van der Waals surface area contributed by atoms with Crippen LogP contribution in [0.1, 0.15) is 23.4 Å². The highest BCUT2D eigenvalue weighted by Crippen LogP contribution is 2.24. The van der Waals surface area contributed by atoms with Gasteiger partial charge in [0.05, 0.1) is 13.2 Å². The standard InChI is InChI=1S/C16H26N6O2S/c1-12-20-21-14(22(12)3)10-18-15(17-7-8-24-4)19-11-16(2,23)13-6-5-9-25-13/h5-6,9,23H,7-8,10-11H2,1-4H3,(H2,17,18,19). The Morgan fingerprint density at radius 1 is 1.44 bits per heavy atom. The molecule has 1 unspecified atom stereocenters. The monoisotopic (exact) mass is 366 g/mol. The van der Waals surface area contributed by atoms with Gasteiger partial charge in [0, 0.05) is 25.6 Å². The minimum Gasteiger partial charge on any atom is -0.383 e. The topological polar surface area (TPSA) is 96.6 Å². The van der Waals surface area contributed by atoms with Crippen LogP contribution in [0.3, 0.4) is 0 Å². The number of hydrogen-bond donors (Lipinski definition) is 3. The number of aliphatic hydroxyl groups is 1. The second-order valence-electron chi connectivity index (χ2n) is 5.91. The Balaban J connectivity index is 2.01. The van der Waals surface area contributed by atoms with Crippen molar-refractivity contribution < 1.29 is 9.84 Å². The number of aryl methyl sites for hydroxylation is 1. The van der Waals surface area contributed by atoms with E-state index in [1.165, 1.54) is 11.3 Å². The van der Waals surface area contributed by atoms with Crippen molar-refractivity contribution in [1.82, 2.24) is 25.4 Å². The Morgan fingerprint density at radius 3 is 2.84 bits per heavy atom. The molecule has 8 nitrogen and oxygen atoms in total. The lowest BCUT2D eigenvalue weighted by molar-refractivity contribution is 0.0655. The number of methoxy groups -OCH3 is 1. The van der Waals surface area contributed by atoms with Crippen LogP contribution in [-0.4, -0.2) is 52.6 Å². The van der Waals surface area contributed by atoms with Crippen LogP contribution in [0.2, 0.25) is 0 Å². The van der Waals surface area contributed by atoms with E-state index in [9.17, 15) is 5.11 Å². The molecule has 0 aromatic carbocycles. The van der Waals surface area contributed by atoms with Crippen molar-refractivity contribution in [2.75, 3.05) is 26.8 Å². The molecule has 0 amide bonds. The molecule has 2 aromatic rings. The predicted molar refractivity (Wildman–Crippen MR) is 98.7 cm³/mol. The third-order valence-electron chi connectivity index (χ3n) is 3.81. The second kappa shape index (κ2) is 8.93. The first kappa shape index (κ1) is 19.4. The summed E-state index contributed by atoms with van der Waals surface area (Å²) in [7, 11) is 3.56. The molecule has 0 fully saturated rings. The van der Waals surface area contributed by atoms with E-state index in [0.29, 0.717) is 32.2 Å². The largest absolute Gasteiger partial charge is 0.383 e. The Kier molecular flexibility index (Phi) is 6.91. The zero-order valence-electron chi connectivity index (χ0n) is 15.1. The van der Waals surface area contributed by atoms with Crippen LogP contribution in [-0.2, 0) is 23.9 Å².